The Kier molecular flexibility index (Phi) is 39.4. The second kappa shape index (κ2) is 41.7. The van der Waals surface area contributed by atoms with Crippen LogP contribution in [0, 0.1) is 0 Å². The van der Waals surface area contributed by atoms with Gasteiger partial charge in [0.1, 0.15) is 24.4 Å². The summed E-state index contributed by atoms with van der Waals surface area (Å²) in [4.78, 5) is 13.0. The van der Waals surface area contributed by atoms with Gasteiger partial charge in [-0.2, -0.15) is 0 Å². The van der Waals surface area contributed by atoms with Gasteiger partial charge in [0, 0.05) is 6.42 Å². The SMILES string of the molecule is CCCCCCCCCCC/C=C/CC/C=C/C(O)C(COC1OC(CO)C(O)C(O)C1O)NC(=O)CCCCCCCCCCCCCCCCCCCCCCCC. The van der Waals surface area contributed by atoms with Crippen LogP contribution in [0.2, 0.25) is 0 Å². The van der Waals surface area contributed by atoms with Crippen LogP contribution in [0.5, 0.6) is 0 Å². The number of carbonyl (C=O) groups is 1. The Morgan fingerprint density at radius 2 is 0.950 bits per heavy atom. The minimum absolute atomic E-state index is 0.183. The molecule has 1 heterocycles. The lowest BCUT2D eigenvalue weighted by Crippen LogP contribution is -2.60. The fraction of sp³-hybridized carbons (Fsp3) is 0.902. The summed E-state index contributed by atoms with van der Waals surface area (Å²) in [6.45, 7) is 3.77. The number of ether oxygens (including phenoxy) is 2. The molecular formula is C51H97NO8. The maximum Gasteiger partial charge on any atom is 0.220 e. The summed E-state index contributed by atoms with van der Waals surface area (Å²) in [5, 5.41) is 54.3. The molecule has 7 atom stereocenters. The smallest absolute Gasteiger partial charge is 0.220 e. The van der Waals surface area contributed by atoms with Crippen LogP contribution in [0.25, 0.3) is 0 Å². The molecule has 0 saturated carbocycles. The predicted octanol–water partition coefficient (Wildman–Crippen LogP) is 11.5. The Balaban J connectivity index is 2.28. The first-order valence-electron chi connectivity index (χ1n) is 25.6. The number of unbranched alkanes of at least 4 members (excludes halogenated alkanes) is 31. The van der Waals surface area contributed by atoms with Gasteiger partial charge in [0.05, 0.1) is 25.4 Å². The number of nitrogens with one attached hydrogen (secondary N) is 1. The van der Waals surface area contributed by atoms with Gasteiger partial charge in [-0.25, -0.2) is 0 Å². The zero-order chi connectivity index (χ0) is 43.7. The van der Waals surface area contributed by atoms with E-state index in [1.54, 1.807) is 6.08 Å². The minimum Gasteiger partial charge on any atom is -0.394 e. The van der Waals surface area contributed by atoms with Gasteiger partial charge in [-0.3, -0.25) is 4.79 Å². The second-order valence-corrected chi connectivity index (χ2v) is 18.0. The van der Waals surface area contributed by atoms with E-state index >= 15 is 0 Å². The van der Waals surface area contributed by atoms with Gasteiger partial charge in [-0.15, -0.1) is 0 Å². The summed E-state index contributed by atoms with van der Waals surface area (Å²) in [6.07, 6.45) is 43.7. The normalized spacial score (nSPS) is 20.7. The standard InChI is InChI=1S/C51H97NO8/c1-3-5-7-9-11-13-15-17-19-20-21-22-23-24-25-27-29-31-33-35-37-39-41-47(55)52-44(43-59-51-50(58)49(57)48(56)46(42-53)60-51)45(54)40-38-36-34-32-30-28-26-18-16-14-12-10-8-6-4-2/h30,32,38,40,44-46,48-51,53-54,56-58H,3-29,31,33-37,39,41-43H2,1-2H3,(H,52,55)/b32-30+,40-38+. The summed E-state index contributed by atoms with van der Waals surface area (Å²) >= 11 is 0. The van der Waals surface area contributed by atoms with Crippen molar-refractivity contribution in [3.05, 3.63) is 24.3 Å². The van der Waals surface area contributed by atoms with Gasteiger partial charge in [-0.1, -0.05) is 224 Å². The fourth-order valence-corrected chi connectivity index (χ4v) is 8.17. The highest BCUT2D eigenvalue weighted by atomic mass is 16.7. The van der Waals surface area contributed by atoms with Crippen molar-refractivity contribution >= 4 is 5.91 Å². The van der Waals surface area contributed by atoms with Crippen molar-refractivity contribution in [2.24, 2.45) is 0 Å². The van der Waals surface area contributed by atoms with E-state index in [2.05, 4.69) is 31.3 Å². The number of hydrogen-bond donors (Lipinski definition) is 6. The van der Waals surface area contributed by atoms with Gasteiger partial charge >= 0.3 is 0 Å². The van der Waals surface area contributed by atoms with Crippen LogP contribution in [-0.2, 0) is 14.3 Å². The highest BCUT2D eigenvalue weighted by Crippen LogP contribution is 2.23. The third-order valence-corrected chi connectivity index (χ3v) is 12.3. The lowest BCUT2D eigenvalue weighted by molar-refractivity contribution is -0.302. The molecule has 9 heteroatoms. The molecule has 9 nitrogen and oxygen atoms in total. The number of rotatable bonds is 43. The van der Waals surface area contributed by atoms with Gasteiger partial charge in [0.2, 0.25) is 5.91 Å². The maximum atomic E-state index is 13.0. The van der Waals surface area contributed by atoms with E-state index in [1.807, 2.05) is 6.08 Å². The molecule has 1 aliphatic rings. The second-order valence-electron chi connectivity index (χ2n) is 18.0. The Morgan fingerprint density at radius 1 is 0.550 bits per heavy atom. The van der Waals surface area contributed by atoms with Crippen molar-refractivity contribution in [2.45, 2.75) is 281 Å². The third-order valence-electron chi connectivity index (χ3n) is 12.3. The van der Waals surface area contributed by atoms with Crippen molar-refractivity contribution < 1.29 is 39.8 Å². The van der Waals surface area contributed by atoms with E-state index in [4.69, 9.17) is 9.47 Å². The molecule has 1 saturated heterocycles. The third kappa shape index (κ3) is 31.5. The molecule has 6 N–H and O–H groups in total. The molecule has 0 radical (unpaired) electrons. The van der Waals surface area contributed by atoms with Crippen LogP contribution in [0.4, 0.5) is 0 Å². The molecule has 1 rings (SSSR count). The molecule has 0 aromatic carbocycles. The molecule has 354 valence electrons. The van der Waals surface area contributed by atoms with Gasteiger partial charge in [0.15, 0.2) is 6.29 Å². The topological polar surface area (TPSA) is 149 Å². The first-order chi connectivity index (χ1) is 29.3. The van der Waals surface area contributed by atoms with Gasteiger partial charge < -0.3 is 40.3 Å². The first kappa shape index (κ1) is 56.7. The maximum absolute atomic E-state index is 13.0. The van der Waals surface area contributed by atoms with Gasteiger partial charge in [-0.05, 0) is 32.1 Å². The minimum atomic E-state index is -1.57. The molecule has 0 aliphatic carbocycles. The van der Waals surface area contributed by atoms with Crippen LogP contribution >= 0.6 is 0 Å². The molecule has 7 unspecified atom stereocenters. The largest absolute Gasteiger partial charge is 0.394 e. The van der Waals surface area contributed by atoms with Crippen LogP contribution < -0.4 is 5.32 Å². The highest BCUT2D eigenvalue weighted by Gasteiger charge is 2.44. The predicted molar refractivity (Wildman–Crippen MR) is 249 cm³/mol. The molecule has 0 bridgehead atoms. The molecule has 0 aromatic rings. The number of aliphatic hydroxyl groups excluding tert-OH is 5. The van der Waals surface area contributed by atoms with E-state index in [-0.39, 0.29) is 12.5 Å². The van der Waals surface area contributed by atoms with Crippen molar-refractivity contribution in [1.29, 1.82) is 0 Å². The molecule has 1 fully saturated rings. The molecular weight excluding hydrogens is 755 g/mol. The van der Waals surface area contributed by atoms with Crippen molar-refractivity contribution in [2.75, 3.05) is 13.2 Å². The Morgan fingerprint density at radius 3 is 1.40 bits per heavy atom. The van der Waals surface area contributed by atoms with E-state index < -0.39 is 49.5 Å². The van der Waals surface area contributed by atoms with Crippen LogP contribution in [0.15, 0.2) is 24.3 Å². The summed E-state index contributed by atoms with van der Waals surface area (Å²) in [7, 11) is 0. The lowest BCUT2D eigenvalue weighted by Gasteiger charge is -2.40. The number of hydrogen-bond acceptors (Lipinski definition) is 8. The van der Waals surface area contributed by atoms with E-state index in [0.29, 0.717) is 6.42 Å². The Hall–Kier alpha value is -1.33. The fourth-order valence-electron chi connectivity index (χ4n) is 8.17. The zero-order valence-electron chi connectivity index (χ0n) is 39.0. The van der Waals surface area contributed by atoms with Crippen molar-refractivity contribution in [1.82, 2.24) is 5.32 Å². The Bertz CT molecular complexity index is 992. The lowest BCUT2D eigenvalue weighted by atomic mass is 9.99. The molecule has 1 amide bonds. The summed E-state index contributed by atoms with van der Waals surface area (Å²) in [6, 6.07) is -0.817. The number of allylic oxidation sites excluding steroid dienone is 3. The van der Waals surface area contributed by atoms with E-state index in [9.17, 15) is 30.3 Å². The number of aliphatic hydroxyl groups is 5. The van der Waals surface area contributed by atoms with Crippen LogP contribution in [-0.4, -0.2) is 87.5 Å². The summed E-state index contributed by atoms with van der Waals surface area (Å²) in [5.41, 5.74) is 0. The quantitative estimate of drug-likeness (QED) is 0.0262. The van der Waals surface area contributed by atoms with Crippen molar-refractivity contribution in [3.63, 3.8) is 0 Å². The van der Waals surface area contributed by atoms with Crippen LogP contribution in [0.1, 0.15) is 239 Å². The number of amides is 1. The monoisotopic (exact) mass is 852 g/mol. The summed E-state index contributed by atoms with van der Waals surface area (Å²) < 4.78 is 11.2. The highest BCUT2D eigenvalue weighted by molar-refractivity contribution is 5.76. The molecule has 1 aliphatic heterocycles. The van der Waals surface area contributed by atoms with Crippen molar-refractivity contribution in [3.8, 4) is 0 Å². The average molecular weight is 852 g/mol. The summed E-state index contributed by atoms with van der Waals surface area (Å²) in [5.74, 6) is -0.183. The number of carbonyl (C=O) groups excluding carboxylic acids is 1. The van der Waals surface area contributed by atoms with E-state index in [1.165, 1.54) is 180 Å². The molecule has 60 heavy (non-hydrogen) atoms. The molecule has 0 spiro atoms. The zero-order valence-corrected chi connectivity index (χ0v) is 39.0. The van der Waals surface area contributed by atoms with Crippen LogP contribution in [0.3, 0.4) is 0 Å². The first-order valence-corrected chi connectivity index (χ1v) is 25.6. The van der Waals surface area contributed by atoms with Gasteiger partial charge in [0.25, 0.3) is 0 Å². The average Bonchev–Trinajstić information content (AvgIpc) is 3.25. The van der Waals surface area contributed by atoms with E-state index in [0.717, 1.165) is 38.5 Å². The Labute approximate surface area is 369 Å². The molecule has 0 aromatic heterocycles.